The molecule has 0 atom stereocenters. The Morgan fingerprint density at radius 1 is 1.33 bits per heavy atom. The number of hydrogen-bond donors (Lipinski definition) is 1. The second kappa shape index (κ2) is 5.06. The van der Waals surface area contributed by atoms with Gasteiger partial charge in [-0.2, -0.15) is 5.10 Å². The number of nitrogens with one attached hydrogen (secondary N) is 1. The molecule has 1 heterocycles. The Bertz CT molecular complexity index is 581. The van der Waals surface area contributed by atoms with Gasteiger partial charge in [0.1, 0.15) is 0 Å². The Labute approximate surface area is 112 Å². The van der Waals surface area contributed by atoms with Gasteiger partial charge in [-0.3, -0.25) is 4.68 Å². The van der Waals surface area contributed by atoms with Crippen LogP contribution in [0.1, 0.15) is 11.4 Å². The van der Waals surface area contributed by atoms with Crippen molar-refractivity contribution in [2.45, 2.75) is 13.5 Å². The van der Waals surface area contributed by atoms with Crippen molar-refractivity contribution in [3.8, 4) is 0 Å². The van der Waals surface area contributed by atoms with E-state index in [1.54, 1.807) is 4.68 Å². The quantitative estimate of drug-likeness (QED) is 0.941. The monoisotopic (exact) mass is 315 g/mol. The first-order chi connectivity index (χ1) is 8.49. The lowest BCUT2D eigenvalue weighted by Crippen LogP contribution is -2.06. The van der Waals surface area contributed by atoms with E-state index in [0.29, 0.717) is 12.2 Å². The van der Waals surface area contributed by atoms with Crippen molar-refractivity contribution >= 4 is 21.6 Å². The van der Waals surface area contributed by atoms with Gasteiger partial charge in [-0.1, -0.05) is 0 Å². The molecule has 0 aliphatic heterocycles. The van der Waals surface area contributed by atoms with E-state index in [4.69, 9.17) is 0 Å². The van der Waals surface area contributed by atoms with Gasteiger partial charge in [0, 0.05) is 18.8 Å². The van der Waals surface area contributed by atoms with Crippen LogP contribution in [0.2, 0.25) is 0 Å². The molecule has 0 amide bonds. The lowest BCUT2D eigenvalue weighted by Gasteiger charge is -2.07. The van der Waals surface area contributed by atoms with E-state index in [-0.39, 0.29) is 0 Å². The smallest absolute Gasteiger partial charge is 0.160 e. The fourth-order valence-corrected chi connectivity index (χ4v) is 2.14. The number of anilines is 1. The molecule has 0 aliphatic rings. The molecule has 1 aromatic carbocycles. The summed E-state index contributed by atoms with van der Waals surface area (Å²) in [5.74, 6) is -1.71. The van der Waals surface area contributed by atoms with Crippen molar-refractivity contribution in [2.24, 2.45) is 7.05 Å². The molecule has 18 heavy (non-hydrogen) atoms. The minimum Gasteiger partial charge on any atom is -0.379 e. The van der Waals surface area contributed by atoms with Gasteiger partial charge < -0.3 is 5.32 Å². The van der Waals surface area contributed by atoms with Crippen LogP contribution in [-0.2, 0) is 13.6 Å². The van der Waals surface area contributed by atoms with Gasteiger partial charge >= 0.3 is 0 Å². The van der Waals surface area contributed by atoms with Crippen LogP contribution in [0.3, 0.4) is 0 Å². The summed E-state index contributed by atoms with van der Waals surface area (Å²) in [5.41, 5.74) is 2.36. The molecule has 96 valence electrons. The van der Waals surface area contributed by atoms with Crippen molar-refractivity contribution in [3.05, 3.63) is 45.7 Å². The van der Waals surface area contributed by atoms with Crippen molar-refractivity contribution < 1.29 is 8.78 Å². The predicted octanol–water partition coefficient (Wildman–Crippen LogP) is 3.38. The summed E-state index contributed by atoms with van der Waals surface area (Å²) < 4.78 is 28.5. The minimum atomic E-state index is -0.861. The van der Waals surface area contributed by atoms with Gasteiger partial charge in [0.2, 0.25) is 0 Å². The molecule has 0 radical (unpaired) electrons. The highest BCUT2D eigenvalue weighted by atomic mass is 79.9. The van der Waals surface area contributed by atoms with Crippen LogP contribution in [0.25, 0.3) is 0 Å². The zero-order valence-corrected chi connectivity index (χ0v) is 11.6. The summed E-state index contributed by atoms with van der Waals surface area (Å²) in [6, 6.07) is 3.73. The molecule has 0 saturated heterocycles. The molecule has 0 saturated carbocycles. The maximum Gasteiger partial charge on any atom is 0.160 e. The summed E-state index contributed by atoms with van der Waals surface area (Å²) in [7, 11) is 1.83. The van der Waals surface area contributed by atoms with Crippen molar-refractivity contribution in [3.63, 3.8) is 0 Å². The number of hydrogen-bond acceptors (Lipinski definition) is 2. The van der Waals surface area contributed by atoms with E-state index < -0.39 is 11.6 Å². The van der Waals surface area contributed by atoms with Crippen molar-refractivity contribution in [1.82, 2.24) is 9.78 Å². The maximum atomic E-state index is 13.0. The van der Waals surface area contributed by atoms with E-state index in [9.17, 15) is 8.78 Å². The third-order valence-corrected chi connectivity index (χ3v) is 3.67. The van der Waals surface area contributed by atoms with Crippen LogP contribution in [-0.4, -0.2) is 9.78 Å². The number of aromatic nitrogens is 2. The maximum absolute atomic E-state index is 13.0. The molecule has 0 aliphatic carbocycles. The fraction of sp³-hybridized carbons (Fsp3) is 0.250. The van der Waals surface area contributed by atoms with Crippen molar-refractivity contribution in [2.75, 3.05) is 5.32 Å². The number of halogens is 3. The van der Waals surface area contributed by atoms with Gasteiger partial charge in [-0.15, -0.1) is 0 Å². The molecule has 2 rings (SSSR count). The topological polar surface area (TPSA) is 29.9 Å². The molecule has 0 fully saturated rings. The second-order valence-corrected chi connectivity index (χ2v) is 4.75. The van der Waals surface area contributed by atoms with Crippen LogP contribution in [0, 0.1) is 18.6 Å². The third kappa shape index (κ3) is 2.53. The van der Waals surface area contributed by atoms with Crippen LogP contribution >= 0.6 is 15.9 Å². The summed E-state index contributed by atoms with van der Waals surface area (Å²) in [6.07, 6.45) is 0. The van der Waals surface area contributed by atoms with Gasteiger partial charge in [-0.05, 0) is 35.0 Å². The molecule has 1 N–H and O–H groups in total. The molecule has 2 aromatic rings. The SMILES string of the molecule is Cc1nn(C)c(CNc2ccc(F)c(F)c2)c1Br. The Hall–Kier alpha value is -1.43. The van der Waals surface area contributed by atoms with Crippen LogP contribution in [0.4, 0.5) is 14.5 Å². The van der Waals surface area contributed by atoms with E-state index in [1.807, 2.05) is 14.0 Å². The highest BCUT2D eigenvalue weighted by molar-refractivity contribution is 9.10. The third-order valence-electron chi connectivity index (χ3n) is 2.64. The zero-order chi connectivity index (χ0) is 13.3. The predicted molar refractivity (Wildman–Crippen MR) is 69.3 cm³/mol. The van der Waals surface area contributed by atoms with Gasteiger partial charge in [-0.25, -0.2) is 8.78 Å². The van der Waals surface area contributed by atoms with Crippen molar-refractivity contribution in [1.29, 1.82) is 0 Å². The lowest BCUT2D eigenvalue weighted by molar-refractivity contribution is 0.509. The highest BCUT2D eigenvalue weighted by Crippen LogP contribution is 2.21. The summed E-state index contributed by atoms with van der Waals surface area (Å²) in [6.45, 7) is 2.37. The number of rotatable bonds is 3. The molecule has 6 heteroatoms. The molecular formula is C12H12BrF2N3. The fourth-order valence-electron chi connectivity index (χ4n) is 1.66. The lowest BCUT2D eigenvalue weighted by atomic mass is 10.3. The Balaban J connectivity index is 2.14. The number of nitrogens with zero attached hydrogens (tertiary/aromatic N) is 2. The minimum absolute atomic E-state index is 0.475. The molecule has 3 nitrogen and oxygen atoms in total. The summed E-state index contributed by atoms with van der Waals surface area (Å²) >= 11 is 3.44. The molecule has 0 spiro atoms. The largest absolute Gasteiger partial charge is 0.379 e. The first kappa shape index (κ1) is 13.0. The van der Waals surface area contributed by atoms with Crippen LogP contribution in [0.5, 0.6) is 0 Å². The molecule has 0 unspecified atom stereocenters. The Kier molecular flexibility index (Phi) is 3.65. The normalized spacial score (nSPS) is 10.7. The van der Waals surface area contributed by atoms with Crippen LogP contribution in [0.15, 0.2) is 22.7 Å². The average Bonchev–Trinajstić information content (AvgIpc) is 2.56. The Morgan fingerprint density at radius 2 is 2.06 bits per heavy atom. The van der Waals surface area contributed by atoms with Gasteiger partial charge in [0.25, 0.3) is 0 Å². The first-order valence-electron chi connectivity index (χ1n) is 5.36. The Morgan fingerprint density at radius 3 is 2.61 bits per heavy atom. The zero-order valence-electron chi connectivity index (χ0n) is 9.97. The van der Waals surface area contributed by atoms with E-state index in [2.05, 4.69) is 26.3 Å². The highest BCUT2D eigenvalue weighted by Gasteiger charge is 2.10. The first-order valence-corrected chi connectivity index (χ1v) is 6.15. The van der Waals surface area contributed by atoms with E-state index in [1.165, 1.54) is 6.07 Å². The average molecular weight is 316 g/mol. The number of benzene rings is 1. The second-order valence-electron chi connectivity index (χ2n) is 3.95. The van der Waals surface area contributed by atoms with Gasteiger partial charge in [0.05, 0.1) is 22.4 Å². The summed E-state index contributed by atoms with van der Waals surface area (Å²) in [5, 5.41) is 7.28. The summed E-state index contributed by atoms with van der Waals surface area (Å²) in [4.78, 5) is 0. The van der Waals surface area contributed by atoms with E-state index in [0.717, 1.165) is 28.0 Å². The molecule has 0 bridgehead atoms. The van der Waals surface area contributed by atoms with E-state index >= 15 is 0 Å². The molecule has 1 aromatic heterocycles. The standard InChI is InChI=1S/C12H12BrF2N3/c1-7-12(13)11(18(2)17-7)6-16-8-3-4-9(14)10(15)5-8/h3-5,16H,6H2,1-2H3. The van der Waals surface area contributed by atoms with Gasteiger partial charge in [0.15, 0.2) is 11.6 Å². The molecular weight excluding hydrogens is 304 g/mol. The number of aryl methyl sites for hydroxylation is 2. The van der Waals surface area contributed by atoms with Crippen LogP contribution < -0.4 is 5.32 Å².